The molecule has 202 valence electrons. The van der Waals surface area contributed by atoms with Gasteiger partial charge in [0.05, 0.1) is 25.5 Å². The molecule has 1 fully saturated rings. The van der Waals surface area contributed by atoms with Crippen LogP contribution in [0.5, 0.6) is 11.5 Å². The number of halogens is 3. The Balaban J connectivity index is 1.37. The van der Waals surface area contributed by atoms with Gasteiger partial charge in [-0.25, -0.2) is 4.79 Å². The topological polar surface area (TPSA) is 63.3 Å². The van der Waals surface area contributed by atoms with Crippen LogP contribution in [0.3, 0.4) is 0 Å². The lowest BCUT2D eigenvalue weighted by Gasteiger charge is -2.36. The Bertz CT molecular complexity index is 1210. The first-order valence-corrected chi connectivity index (χ1v) is 12.6. The Morgan fingerprint density at radius 3 is 2.50 bits per heavy atom. The molecule has 1 aliphatic heterocycles. The van der Waals surface area contributed by atoms with E-state index < -0.39 is 6.61 Å². The van der Waals surface area contributed by atoms with Crippen molar-refractivity contribution >= 4 is 23.3 Å². The van der Waals surface area contributed by atoms with Crippen LogP contribution < -0.4 is 14.8 Å². The molecule has 0 spiro atoms. The highest BCUT2D eigenvalue weighted by Crippen LogP contribution is 2.27. The van der Waals surface area contributed by atoms with Crippen LogP contribution in [0.1, 0.15) is 17.2 Å². The van der Waals surface area contributed by atoms with Gasteiger partial charge in [-0.1, -0.05) is 48.0 Å². The van der Waals surface area contributed by atoms with Gasteiger partial charge in [-0.2, -0.15) is 8.78 Å². The number of hydrogen-bond acceptors (Lipinski definition) is 5. The number of alkyl halides is 2. The number of benzene rings is 3. The number of ether oxygens (including phenoxy) is 3. The van der Waals surface area contributed by atoms with Crippen molar-refractivity contribution in [3.63, 3.8) is 0 Å². The molecule has 4 rings (SSSR count). The zero-order chi connectivity index (χ0) is 26.9. The van der Waals surface area contributed by atoms with Gasteiger partial charge in [0.15, 0.2) is 0 Å². The molecular formula is C28H30ClF2N3O4. The number of amides is 2. The van der Waals surface area contributed by atoms with Crippen molar-refractivity contribution in [3.05, 3.63) is 88.9 Å². The van der Waals surface area contributed by atoms with Crippen molar-refractivity contribution in [2.45, 2.75) is 19.3 Å². The van der Waals surface area contributed by atoms with Crippen molar-refractivity contribution < 1.29 is 27.8 Å². The average molecular weight is 546 g/mol. The second-order valence-corrected chi connectivity index (χ2v) is 9.24. The molecule has 2 amide bonds. The van der Waals surface area contributed by atoms with E-state index in [2.05, 4.69) is 15.0 Å². The molecular weight excluding hydrogens is 516 g/mol. The van der Waals surface area contributed by atoms with Gasteiger partial charge in [-0.05, 0) is 47.5 Å². The summed E-state index contributed by atoms with van der Waals surface area (Å²) in [7, 11) is 1.63. The molecule has 0 aromatic heterocycles. The van der Waals surface area contributed by atoms with E-state index in [1.54, 1.807) is 24.1 Å². The fourth-order valence-electron chi connectivity index (χ4n) is 4.25. The van der Waals surface area contributed by atoms with Crippen LogP contribution in [0, 0.1) is 0 Å². The first-order chi connectivity index (χ1) is 18.4. The maximum absolute atomic E-state index is 12.8. The van der Waals surface area contributed by atoms with E-state index in [1.165, 1.54) is 12.1 Å². The van der Waals surface area contributed by atoms with Gasteiger partial charge in [-0.15, -0.1) is 0 Å². The third kappa shape index (κ3) is 7.80. The van der Waals surface area contributed by atoms with Crippen LogP contribution in [-0.4, -0.2) is 62.3 Å². The highest BCUT2D eigenvalue weighted by Gasteiger charge is 2.25. The standard InChI is InChI=1S/C28H30ClF2N3O4/c1-36-23-9-5-7-21(17-23)26(37-19-20-6-4-8-22(29)16-20)18-33-12-14-34(15-13-33)28(35)32-24-10-2-3-11-25(24)38-27(30)31/h2-11,16-17,26-27H,12-15,18-19H2,1H3,(H,32,35). The van der Waals surface area contributed by atoms with E-state index >= 15 is 0 Å². The predicted molar refractivity (Wildman–Crippen MR) is 142 cm³/mol. The zero-order valence-electron chi connectivity index (χ0n) is 21.0. The van der Waals surface area contributed by atoms with E-state index in [-0.39, 0.29) is 23.6 Å². The predicted octanol–water partition coefficient (Wildman–Crippen LogP) is 6.06. The third-order valence-corrected chi connectivity index (χ3v) is 6.47. The molecule has 1 N–H and O–H groups in total. The van der Waals surface area contributed by atoms with Gasteiger partial charge in [0, 0.05) is 37.7 Å². The SMILES string of the molecule is COc1cccc(C(CN2CCN(C(=O)Nc3ccccc3OC(F)F)CC2)OCc2cccc(Cl)c2)c1. The molecule has 1 aliphatic rings. The Labute approximate surface area is 225 Å². The fourth-order valence-corrected chi connectivity index (χ4v) is 4.46. The summed E-state index contributed by atoms with van der Waals surface area (Å²) < 4.78 is 41.7. The molecule has 38 heavy (non-hydrogen) atoms. The number of para-hydroxylation sites is 2. The van der Waals surface area contributed by atoms with Crippen molar-refractivity contribution in [2.75, 3.05) is 45.2 Å². The van der Waals surface area contributed by atoms with Gasteiger partial charge >= 0.3 is 12.6 Å². The van der Waals surface area contributed by atoms with Crippen molar-refractivity contribution in [1.29, 1.82) is 0 Å². The quantitative estimate of drug-likeness (QED) is 0.336. The van der Waals surface area contributed by atoms with E-state index in [4.69, 9.17) is 21.1 Å². The van der Waals surface area contributed by atoms with Gasteiger partial charge in [0.2, 0.25) is 0 Å². The molecule has 3 aromatic rings. The minimum atomic E-state index is -2.98. The number of piperazine rings is 1. The molecule has 1 heterocycles. The van der Waals surface area contributed by atoms with Crippen LogP contribution in [0.2, 0.25) is 5.02 Å². The van der Waals surface area contributed by atoms with Gasteiger partial charge in [-0.3, -0.25) is 4.90 Å². The molecule has 0 aliphatic carbocycles. The number of urea groups is 1. The van der Waals surface area contributed by atoms with Crippen molar-refractivity contribution in [1.82, 2.24) is 9.80 Å². The number of hydrogen-bond donors (Lipinski definition) is 1. The van der Waals surface area contributed by atoms with Crippen LogP contribution in [0.15, 0.2) is 72.8 Å². The molecule has 7 nitrogen and oxygen atoms in total. The number of methoxy groups -OCH3 is 1. The maximum atomic E-state index is 12.8. The smallest absolute Gasteiger partial charge is 0.387 e. The highest BCUT2D eigenvalue weighted by atomic mass is 35.5. The minimum absolute atomic E-state index is 0.0764. The lowest BCUT2D eigenvalue weighted by molar-refractivity contribution is -0.0493. The lowest BCUT2D eigenvalue weighted by Crippen LogP contribution is -2.50. The molecule has 1 saturated heterocycles. The Morgan fingerprint density at radius 2 is 1.76 bits per heavy atom. The highest BCUT2D eigenvalue weighted by molar-refractivity contribution is 6.30. The molecule has 0 radical (unpaired) electrons. The number of carbonyl (C=O) groups excluding carboxylic acids is 1. The van der Waals surface area contributed by atoms with Gasteiger partial charge in [0.1, 0.15) is 11.5 Å². The monoisotopic (exact) mass is 545 g/mol. The second-order valence-electron chi connectivity index (χ2n) is 8.80. The van der Waals surface area contributed by atoms with Gasteiger partial charge < -0.3 is 24.4 Å². The largest absolute Gasteiger partial charge is 0.497 e. The summed E-state index contributed by atoms with van der Waals surface area (Å²) in [4.78, 5) is 16.7. The number of anilines is 1. The first-order valence-electron chi connectivity index (χ1n) is 12.2. The summed E-state index contributed by atoms with van der Waals surface area (Å²) in [6.07, 6.45) is -0.233. The molecule has 10 heteroatoms. The molecule has 1 unspecified atom stereocenters. The average Bonchev–Trinajstić information content (AvgIpc) is 2.92. The second kappa shape index (κ2) is 13.4. The van der Waals surface area contributed by atoms with E-state index in [9.17, 15) is 13.6 Å². The Morgan fingerprint density at radius 1 is 1.00 bits per heavy atom. The van der Waals surface area contributed by atoms with E-state index in [0.717, 1.165) is 16.9 Å². The van der Waals surface area contributed by atoms with Crippen LogP contribution in [0.25, 0.3) is 0 Å². The number of rotatable bonds is 10. The third-order valence-electron chi connectivity index (χ3n) is 6.23. The van der Waals surface area contributed by atoms with Crippen LogP contribution in [0.4, 0.5) is 19.3 Å². The van der Waals surface area contributed by atoms with Crippen molar-refractivity contribution in [3.8, 4) is 11.5 Å². The summed E-state index contributed by atoms with van der Waals surface area (Å²) in [6.45, 7) is 0.244. The maximum Gasteiger partial charge on any atom is 0.387 e. The van der Waals surface area contributed by atoms with E-state index in [1.807, 2.05) is 48.5 Å². The van der Waals surface area contributed by atoms with E-state index in [0.29, 0.717) is 44.4 Å². The minimum Gasteiger partial charge on any atom is -0.497 e. The number of nitrogens with one attached hydrogen (secondary N) is 1. The first kappa shape index (κ1) is 27.6. The summed E-state index contributed by atoms with van der Waals surface area (Å²) in [5.74, 6) is 0.670. The number of nitrogens with zero attached hydrogens (tertiary/aromatic N) is 2. The summed E-state index contributed by atoms with van der Waals surface area (Å²) in [5.41, 5.74) is 2.16. The normalized spacial score (nSPS) is 14.8. The zero-order valence-corrected chi connectivity index (χ0v) is 21.7. The summed E-state index contributed by atoms with van der Waals surface area (Å²) in [6, 6.07) is 21.1. The Kier molecular flexibility index (Phi) is 9.75. The molecule has 0 saturated carbocycles. The molecule has 0 bridgehead atoms. The lowest BCUT2D eigenvalue weighted by atomic mass is 10.1. The van der Waals surface area contributed by atoms with Crippen molar-refractivity contribution in [2.24, 2.45) is 0 Å². The Hall–Kier alpha value is -3.40. The fraction of sp³-hybridized carbons (Fsp3) is 0.321. The molecule has 3 aromatic carbocycles. The van der Waals surface area contributed by atoms with Crippen LogP contribution in [-0.2, 0) is 11.3 Å². The molecule has 1 atom stereocenters. The number of carbonyl (C=O) groups is 1. The van der Waals surface area contributed by atoms with Gasteiger partial charge in [0.25, 0.3) is 0 Å². The summed E-state index contributed by atoms with van der Waals surface area (Å²) >= 11 is 6.14. The van der Waals surface area contributed by atoms with Crippen LogP contribution >= 0.6 is 11.6 Å². The summed E-state index contributed by atoms with van der Waals surface area (Å²) in [5, 5.41) is 3.34.